The smallest absolute Gasteiger partial charge is 0.405 e. The third kappa shape index (κ3) is 2.69. The van der Waals surface area contributed by atoms with Gasteiger partial charge in [0.1, 0.15) is 11.8 Å². The molecule has 2 heterocycles. The Labute approximate surface area is 115 Å². The molecule has 20 heavy (non-hydrogen) atoms. The van der Waals surface area contributed by atoms with Gasteiger partial charge >= 0.3 is 6.09 Å². The van der Waals surface area contributed by atoms with Crippen molar-refractivity contribution in [1.82, 2.24) is 10.3 Å². The summed E-state index contributed by atoms with van der Waals surface area (Å²) in [7, 11) is 0. The maximum absolute atomic E-state index is 11.1. The van der Waals surface area contributed by atoms with Gasteiger partial charge in [-0.15, -0.1) is 0 Å². The van der Waals surface area contributed by atoms with Crippen LogP contribution in [-0.4, -0.2) is 41.1 Å². The normalized spacial score (nSPS) is 21.3. The van der Waals surface area contributed by atoms with Crippen LogP contribution >= 0.6 is 0 Å². The number of anilines is 1. The summed E-state index contributed by atoms with van der Waals surface area (Å²) in [5.41, 5.74) is 0.665. The third-order valence-corrected chi connectivity index (χ3v) is 3.38. The summed E-state index contributed by atoms with van der Waals surface area (Å²) in [4.78, 5) is 27.6. The maximum atomic E-state index is 11.1. The highest BCUT2D eigenvalue weighted by molar-refractivity contribution is 5.84. The van der Waals surface area contributed by atoms with Crippen LogP contribution in [0.2, 0.25) is 0 Å². The molecule has 1 unspecified atom stereocenters. The summed E-state index contributed by atoms with van der Waals surface area (Å²) in [6.45, 7) is 2.86. The van der Waals surface area contributed by atoms with Gasteiger partial charge in [0.2, 0.25) is 0 Å². The topological polar surface area (TPSA) is 106 Å². The minimum atomic E-state index is -1.07. The Hall–Kier alpha value is -2.62. The van der Waals surface area contributed by atoms with E-state index in [1.165, 1.54) is 6.20 Å². The standard InChI is InChI=1S/C13H14N4O3/c1-13(16-12(19)20)2-3-17(8-13)11-4-10(5-14)15-6-9(11)7-18/h4,6-7,16H,2-3,8H2,1H3,(H,19,20). The molecule has 1 atom stereocenters. The van der Waals surface area contributed by atoms with Crippen LogP contribution in [0.1, 0.15) is 29.4 Å². The van der Waals surface area contributed by atoms with Crippen LogP contribution in [-0.2, 0) is 0 Å². The van der Waals surface area contributed by atoms with Crippen molar-refractivity contribution < 1.29 is 14.7 Å². The Bertz CT molecular complexity index is 596. The average Bonchev–Trinajstić information content (AvgIpc) is 2.79. The number of carbonyl (C=O) groups is 2. The number of nitrogens with zero attached hydrogens (tertiary/aromatic N) is 3. The molecule has 1 aliphatic rings. The molecule has 1 aromatic rings. The van der Waals surface area contributed by atoms with E-state index in [1.54, 1.807) is 6.07 Å². The van der Waals surface area contributed by atoms with Crippen LogP contribution in [0.4, 0.5) is 10.5 Å². The summed E-state index contributed by atoms with van der Waals surface area (Å²) in [6.07, 6.45) is 1.60. The molecule has 0 spiro atoms. The van der Waals surface area contributed by atoms with Crippen LogP contribution in [0.5, 0.6) is 0 Å². The number of hydrogen-bond acceptors (Lipinski definition) is 5. The van der Waals surface area contributed by atoms with Gasteiger partial charge in [-0.1, -0.05) is 0 Å². The predicted octanol–water partition coefficient (Wildman–Crippen LogP) is 1.00. The molecule has 0 saturated carbocycles. The third-order valence-electron chi connectivity index (χ3n) is 3.38. The van der Waals surface area contributed by atoms with Crippen molar-refractivity contribution in [3.8, 4) is 6.07 Å². The molecule has 1 amide bonds. The molecule has 7 nitrogen and oxygen atoms in total. The summed E-state index contributed by atoms with van der Waals surface area (Å²) >= 11 is 0. The molecule has 0 bridgehead atoms. The quantitative estimate of drug-likeness (QED) is 0.796. The first-order valence-corrected chi connectivity index (χ1v) is 6.09. The molecule has 104 valence electrons. The average molecular weight is 274 g/mol. The van der Waals surface area contributed by atoms with Crippen LogP contribution in [0.3, 0.4) is 0 Å². The van der Waals surface area contributed by atoms with E-state index in [9.17, 15) is 9.59 Å². The molecular weight excluding hydrogens is 260 g/mol. The van der Waals surface area contributed by atoms with Gasteiger partial charge in [-0.25, -0.2) is 9.78 Å². The zero-order chi connectivity index (χ0) is 14.8. The van der Waals surface area contributed by atoms with E-state index in [2.05, 4.69) is 10.3 Å². The van der Waals surface area contributed by atoms with E-state index in [0.29, 0.717) is 37.0 Å². The first-order chi connectivity index (χ1) is 9.47. The number of carboxylic acid groups (broad SMARTS) is 1. The Morgan fingerprint density at radius 2 is 2.45 bits per heavy atom. The number of nitriles is 1. The summed E-state index contributed by atoms with van der Waals surface area (Å²) in [5, 5.41) is 20.2. The lowest BCUT2D eigenvalue weighted by Gasteiger charge is -2.26. The van der Waals surface area contributed by atoms with Crippen molar-refractivity contribution >= 4 is 18.1 Å². The molecule has 0 aliphatic carbocycles. The number of hydrogen-bond donors (Lipinski definition) is 2. The highest BCUT2D eigenvalue weighted by Crippen LogP contribution is 2.28. The molecule has 1 aliphatic heterocycles. The van der Waals surface area contributed by atoms with Crippen LogP contribution in [0.25, 0.3) is 0 Å². The molecule has 0 aromatic carbocycles. The summed E-state index contributed by atoms with van der Waals surface area (Å²) in [6, 6.07) is 3.48. The minimum Gasteiger partial charge on any atom is -0.465 e. The monoisotopic (exact) mass is 274 g/mol. The Morgan fingerprint density at radius 3 is 3.05 bits per heavy atom. The van der Waals surface area contributed by atoms with Crippen molar-refractivity contribution in [3.05, 3.63) is 23.5 Å². The van der Waals surface area contributed by atoms with Crippen molar-refractivity contribution in [2.45, 2.75) is 18.9 Å². The zero-order valence-electron chi connectivity index (χ0n) is 11.0. The van der Waals surface area contributed by atoms with Gasteiger partial charge < -0.3 is 15.3 Å². The fraction of sp³-hybridized carbons (Fsp3) is 0.385. The fourth-order valence-electron chi connectivity index (χ4n) is 2.41. The van der Waals surface area contributed by atoms with E-state index in [4.69, 9.17) is 10.4 Å². The Kier molecular flexibility index (Phi) is 3.57. The van der Waals surface area contributed by atoms with Gasteiger partial charge in [0, 0.05) is 19.3 Å². The maximum Gasteiger partial charge on any atom is 0.405 e. The second kappa shape index (κ2) is 5.17. The summed E-state index contributed by atoms with van der Waals surface area (Å²) in [5.74, 6) is 0. The lowest BCUT2D eigenvalue weighted by atomic mass is 10.0. The number of aldehydes is 1. The highest BCUT2D eigenvalue weighted by Gasteiger charge is 2.36. The van der Waals surface area contributed by atoms with Gasteiger partial charge in [0.15, 0.2) is 6.29 Å². The van der Waals surface area contributed by atoms with Crippen molar-refractivity contribution in [2.75, 3.05) is 18.0 Å². The first-order valence-electron chi connectivity index (χ1n) is 6.09. The highest BCUT2D eigenvalue weighted by atomic mass is 16.4. The second-order valence-electron chi connectivity index (χ2n) is 5.02. The van der Waals surface area contributed by atoms with E-state index in [0.717, 1.165) is 0 Å². The number of pyridine rings is 1. The van der Waals surface area contributed by atoms with E-state index < -0.39 is 11.6 Å². The van der Waals surface area contributed by atoms with Gasteiger partial charge in [-0.2, -0.15) is 5.26 Å². The minimum absolute atomic E-state index is 0.227. The van der Waals surface area contributed by atoms with Crippen molar-refractivity contribution in [3.63, 3.8) is 0 Å². The number of rotatable bonds is 3. The lowest BCUT2D eigenvalue weighted by molar-refractivity contribution is 0.112. The molecule has 2 N–H and O–H groups in total. The molecule has 1 aromatic heterocycles. The number of carbonyl (C=O) groups excluding carboxylic acids is 1. The van der Waals surface area contributed by atoms with Crippen LogP contribution < -0.4 is 10.2 Å². The molecule has 0 radical (unpaired) electrons. The molecule has 7 heteroatoms. The summed E-state index contributed by atoms with van der Waals surface area (Å²) < 4.78 is 0. The van der Waals surface area contributed by atoms with Gasteiger partial charge in [-0.05, 0) is 19.4 Å². The fourth-order valence-corrected chi connectivity index (χ4v) is 2.41. The number of nitrogens with one attached hydrogen (secondary N) is 1. The van der Waals surface area contributed by atoms with E-state index in [1.807, 2.05) is 17.9 Å². The number of amides is 1. The Morgan fingerprint density at radius 1 is 1.70 bits per heavy atom. The van der Waals surface area contributed by atoms with Crippen molar-refractivity contribution in [1.29, 1.82) is 5.26 Å². The zero-order valence-corrected chi connectivity index (χ0v) is 11.0. The van der Waals surface area contributed by atoms with E-state index in [-0.39, 0.29) is 5.69 Å². The van der Waals surface area contributed by atoms with Gasteiger partial charge in [-0.3, -0.25) is 4.79 Å². The van der Waals surface area contributed by atoms with Gasteiger partial charge in [0.05, 0.1) is 16.8 Å². The molecule has 1 fully saturated rings. The molecular formula is C13H14N4O3. The molecule has 1 saturated heterocycles. The SMILES string of the molecule is CC1(NC(=O)O)CCN(c2cc(C#N)ncc2C=O)C1. The van der Waals surface area contributed by atoms with Crippen LogP contribution in [0, 0.1) is 11.3 Å². The van der Waals surface area contributed by atoms with Crippen LogP contribution in [0.15, 0.2) is 12.3 Å². The first kappa shape index (κ1) is 13.8. The van der Waals surface area contributed by atoms with Crippen molar-refractivity contribution in [2.24, 2.45) is 0 Å². The van der Waals surface area contributed by atoms with Gasteiger partial charge in [0.25, 0.3) is 0 Å². The molecule has 2 rings (SSSR count). The largest absolute Gasteiger partial charge is 0.465 e. The predicted molar refractivity (Wildman–Crippen MR) is 70.7 cm³/mol. The van der Waals surface area contributed by atoms with E-state index >= 15 is 0 Å². The lowest BCUT2D eigenvalue weighted by Crippen LogP contribution is -2.47. The second-order valence-corrected chi connectivity index (χ2v) is 5.02. The Balaban J connectivity index is 2.28. The number of aromatic nitrogens is 1.